The van der Waals surface area contributed by atoms with E-state index in [-0.39, 0.29) is 19.2 Å². The number of nitrogens with one attached hydrogen (secondary N) is 1. The summed E-state index contributed by atoms with van der Waals surface area (Å²) in [5, 5.41) is 11.7. The van der Waals surface area contributed by atoms with Crippen LogP contribution in [0.2, 0.25) is 0 Å². The van der Waals surface area contributed by atoms with Crippen LogP contribution in [0.25, 0.3) is 0 Å². The number of aliphatic carboxylic acids is 1. The van der Waals surface area contributed by atoms with Gasteiger partial charge in [0.2, 0.25) is 0 Å². The molecule has 0 saturated carbocycles. The first-order valence-electron chi connectivity index (χ1n) is 6.97. The molecule has 2 amide bonds. The van der Waals surface area contributed by atoms with Crippen LogP contribution in [0, 0.1) is 0 Å². The van der Waals surface area contributed by atoms with Crippen LogP contribution in [-0.2, 0) is 9.53 Å². The highest BCUT2D eigenvalue weighted by Crippen LogP contribution is 2.17. The van der Waals surface area contributed by atoms with E-state index in [0.29, 0.717) is 18.2 Å². The number of amides is 2. The van der Waals surface area contributed by atoms with Crippen molar-refractivity contribution in [2.24, 2.45) is 0 Å². The summed E-state index contributed by atoms with van der Waals surface area (Å²) in [5.41, 5.74) is 1.90. The highest BCUT2D eigenvalue weighted by Gasteiger charge is 2.28. The molecule has 6 nitrogen and oxygen atoms in total. The van der Waals surface area contributed by atoms with Gasteiger partial charge in [0.25, 0.3) is 0 Å². The second-order valence-electron chi connectivity index (χ2n) is 5.35. The molecule has 2 rings (SSSR count). The average Bonchev–Trinajstić information content (AvgIpc) is 2.48. The number of rotatable bonds is 3. The molecule has 1 unspecified atom stereocenters. The molecule has 1 fully saturated rings. The summed E-state index contributed by atoms with van der Waals surface area (Å²) in [7, 11) is 0. The molecule has 1 aromatic rings. The van der Waals surface area contributed by atoms with Gasteiger partial charge in [-0.2, -0.15) is 0 Å². The van der Waals surface area contributed by atoms with Crippen LogP contribution in [-0.4, -0.2) is 47.8 Å². The third-order valence-corrected chi connectivity index (χ3v) is 3.46. The monoisotopic (exact) mass is 292 g/mol. The van der Waals surface area contributed by atoms with E-state index in [9.17, 15) is 9.59 Å². The molecule has 6 heteroatoms. The summed E-state index contributed by atoms with van der Waals surface area (Å²) in [6.45, 7) is 4.89. The zero-order chi connectivity index (χ0) is 15.4. The average molecular weight is 292 g/mol. The number of anilines is 1. The standard InChI is InChI=1S/C15H20N2O4/c1-10(2)11-3-5-12(6-4-11)16-15(20)17-7-8-21-13(9-17)14(18)19/h3-6,10,13H,7-9H2,1-2H3,(H,16,20)(H,18,19). The number of carboxylic acids is 1. The lowest BCUT2D eigenvalue weighted by atomic mass is 10.0. The van der Waals surface area contributed by atoms with E-state index < -0.39 is 12.1 Å². The van der Waals surface area contributed by atoms with E-state index >= 15 is 0 Å². The molecule has 1 heterocycles. The first-order valence-corrected chi connectivity index (χ1v) is 6.97. The molecule has 1 saturated heterocycles. The summed E-state index contributed by atoms with van der Waals surface area (Å²) < 4.78 is 5.09. The van der Waals surface area contributed by atoms with Gasteiger partial charge in [0.1, 0.15) is 0 Å². The number of hydrogen-bond donors (Lipinski definition) is 2. The van der Waals surface area contributed by atoms with Gasteiger partial charge >= 0.3 is 12.0 Å². The lowest BCUT2D eigenvalue weighted by Gasteiger charge is -2.30. The van der Waals surface area contributed by atoms with Gasteiger partial charge in [0.05, 0.1) is 13.2 Å². The van der Waals surface area contributed by atoms with Crippen LogP contribution in [0.3, 0.4) is 0 Å². The predicted octanol–water partition coefficient (Wildman–Crippen LogP) is 2.13. The van der Waals surface area contributed by atoms with E-state index in [2.05, 4.69) is 19.2 Å². The number of carbonyl (C=O) groups excluding carboxylic acids is 1. The molecule has 0 radical (unpaired) electrons. The number of nitrogens with zero attached hydrogens (tertiary/aromatic N) is 1. The quantitative estimate of drug-likeness (QED) is 0.894. The van der Waals surface area contributed by atoms with Gasteiger partial charge in [-0.15, -0.1) is 0 Å². The molecular formula is C15H20N2O4. The molecule has 1 aliphatic heterocycles. The van der Waals surface area contributed by atoms with E-state index in [0.717, 1.165) is 0 Å². The number of hydrogen-bond acceptors (Lipinski definition) is 3. The molecule has 1 aliphatic rings. The largest absolute Gasteiger partial charge is 0.479 e. The SMILES string of the molecule is CC(C)c1ccc(NC(=O)N2CCOC(C(=O)O)C2)cc1. The van der Waals surface area contributed by atoms with E-state index in [4.69, 9.17) is 9.84 Å². The van der Waals surface area contributed by atoms with Gasteiger partial charge < -0.3 is 20.1 Å². The third-order valence-electron chi connectivity index (χ3n) is 3.46. The molecule has 21 heavy (non-hydrogen) atoms. The fourth-order valence-electron chi connectivity index (χ4n) is 2.14. The van der Waals surface area contributed by atoms with E-state index in [1.807, 2.05) is 24.3 Å². The topological polar surface area (TPSA) is 78.9 Å². The summed E-state index contributed by atoms with van der Waals surface area (Å²) >= 11 is 0. The van der Waals surface area contributed by atoms with Crippen LogP contribution < -0.4 is 5.32 Å². The van der Waals surface area contributed by atoms with Crippen molar-refractivity contribution in [1.29, 1.82) is 0 Å². The first-order chi connectivity index (χ1) is 9.97. The molecule has 114 valence electrons. The molecule has 0 aliphatic carbocycles. The Labute approximate surface area is 123 Å². The Hall–Kier alpha value is -2.08. The van der Waals surface area contributed by atoms with Crippen molar-refractivity contribution in [2.75, 3.05) is 25.0 Å². The number of morpholine rings is 1. The fraction of sp³-hybridized carbons (Fsp3) is 0.467. The molecule has 2 N–H and O–H groups in total. The Morgan fingerprint density at radius 2 is 2.00 bits per heavy atom. The minimum Gasteiger partial charge on any atom is -0.479 e. The van der Waals surface area contributed by atoms with Crippen LogP contribution >= 0.6 is 0 Å². The molecule has 1 aromatic carbocycles. The molecular weight excluding hydrogens is 272 g/mol. The first kappa shape index (κ1) is 15.3. The maximum absolute atomic E-state index is 12.1. The smallest absolute Gasteiger partial charge is 0.334 e. The van der Waals surface area contributed by atoms with Gasteiger partial charge in [-0.25, -0.2) is 9.59 Å². The maximum Gasteiger partial charge on any atom is 0.334 e. The number of benzene rings is 1. The minimum atomic E-state index is -1.05. The Bertz CT molecular complexity index is 513. The fourth-order valence-corrected chi connectivity index (χ4v) is 2.14. The van der Waals surface area contributed by atoms with Crippen molar-refractivity contribution < 1.29 is 19.4 Å². The second kappa shape index (κ2) is 6.58. The van der Waals surface area contributed by atoms with Crippen LogP contribution in [0.1, 0.15) is 25.3 Å². The highest BCUT2D eigenvalue weighted by molar-refractivity contribution is 5.89. The molecule has 1 atom stereocenters. The van der Waals surface area contributed by atoms with Crippen molar-refractivity contribution in [3.8, 4) is 0 Å². The zero-order valence-corrected chi connectivity index (χ0v) is 12.2. The van der Waals surface area contributed by atoms with Crippen LogP contribution in [0.4, 0.5) is 10.5 Å². The van der Waals surface area contributed by atoms with E-state index in [1.165, 1.54) is 10.5 Å². The second-order valence-corrected chi connectivity index (χ2v) is 5.35. The Kier molecular flexibility index (Phi) is 4.80. The summed E-state index contributed by atoms with van der Waals surface area (Å²) in [6.07, 6.45) is -0.951. The maximum atomic E-state index is 12.1. The molecule has 0 spiro atoms. The summed E-state index contributed by atoms with van der Waals surface area (Å²) in [6, 6.07) is 7.34. The Morgan fingerprint density at radius 1 is 1.33 bits per heavy atom. The Morgan fingerprint density at radius 3 is 2.57 bits per heavy atom. The van der Waals surface area contributed by atoms with Crippen molar-refractivity contribution in [1.82, 2.24) is 4.90 Å². The number of carboxylic acid groups (broad SMARTS) is 1. The Balaban J connectivity index is 1.96. The van der Waals surface area contributed by atoms with Crippen molar-refractivity contribution in [2.45, 2.75) is 25.9 Å². The van der Waals surface area contributed by atoms with Crippen molar-refractivity contribution in [3.63, 3.8) is 0 Å². The van der Waals surface area contributed by atoms with E-state index in [1.54, 1.807) is 0 Å². The summed E-state index contributed by atoms with van der Waals surface area (Å²) in [5.74, 6) is -0.612. The van der Waals surface area contributed by atoms with Crippen LogP contribution in [0.5, 0.6) is 0 Å². The number of carbonyl (C=O) groups is 2. The number of urea groups is 1. The lowest BCUT2D eigenvalue weighted by molar-refractivity contribution is -0.154. The van der Waals surface area contributed by atoms with Gasteiger partial charge in [-0.3, -0.25) is 0 Å². The molecule has 0 bridgehead atoms. The third kappa shape index (κ3) is 3.95. The van der Waals surface area contributed by atoms with Gasteiger partial charge in [0, 0.05) is 12.2 Å². The zero-order valence-electron chi connectivity index (χ0n) is 12.2. The van der Waals surface area contributed by atoms with Gasteiger partial charge in [-0.1, -0.05) is 26.0 Å². The number of ether oxygens (including phenoxy) is 1. The van der Waals surface area contributed by atoms with Gasteiger partial charge in [0.15, 0.2) is 6.10 Å². The lowest BCUT2D eigenvalue weighted by Crippen LogP contribution is -2.49. The van der Waals surface area contributed by atoms with Crippen LogP contribution in [0.15, 0.2) is 24.3 Å². The minimum absolute atomic E-state index is 0.0608. The van der Waals surface area contributed by atoms with Crippen molar-refractivity contribution >= 4 is 17.7 Å². The predicted molar refractivity (Wildman–Crippen MR) is 78.5 cm³/mol. The normalized spacial score (nSPS) is 18.6. The van der Waals surface area contributed by atoms with Crippen molar-refractivity contribution in [3.05, 3.63) is 29.8 Å². The summed E-state index contributed by atoms with van der Waals surface area (Å²) in [4.78, 5) is 24.5. The highest BCUT2D eigenvalue weighted by atomic mass is 16.5. The molecule has 0 aromatic heterocycles. The van der Waals surface area contributed by atoms with Gasteiger partial charge in [-0.05, 0) is 23.6 Å².